The van der Waals surface area contributed by atoms with Crippen LogP contribution in [0.4, 0.5) is 0 Å². The van der Waals surface area contributed by atoms with Crippen LogP contribution < -0.4 is 11.3 Å². The number of hydrogen-bond acceptors (Lipinski definition) is 3. The molecule has 1 aliphatic rings. The Bertz CT molecular complexity index is 168. The minimum Gasteiger partial charge on any atom is -0.301 e. The van der Waals surface area contributed by atoms with Gasteiger partial charge in [-0.1, -0.05) is 6.92 Å². The molecule has 0 unspecified atom stereocenters. The zero-order chi connectivity index (χ0) is 9.68. The molecule has 0 radical (unpaired) electrons. The highest BCUT2D eigenvalue weighted by Gasteiger charge is 2.27. The smallest absolute Gasteiger partial charge is 0.233 e. The van der Waals surface area contributed by atoms with Crippen LogP contribution in [0.25, 0.3) is 0 Å². The van der Waals surface area contributed by atoms with Gasteiger partial charge in [0.1, 0.15) is 0 Å². The summed E-state index contributed by atoms with van der Waals surface area (Å²) in [6, 6.07) is 0.797. The summed E-state index contributed by atoms with van der Waals surface area (Å²) in [4.78, 5) is 13.2. The Hall–Kier alpha value is -0.610. The topological polar surface area (TPSA) is 58.4 Å². The summed E-state index contributed by atoms with van der Waals surface area (Å²) in [5.74, 6) is 4.92. The van der Waals surface area contributed by atoms with Gasteiger partial charge >= 0.3 is 0 Å². The quantitative estimate of drug-likeness (QED) is 0.354. The molecule has 13 heavy (non-hydrogen) atoms. The predicted octanol–water partition coefficient (Wildman–Crippen LogP) is 0.241. The molecular formula is C9H19N3O. The molecule has 0 spiro atoms. The monoisotopic (exact) mass is 185 g/mol. The van der Waals surface area contributed by atoms with Crippen molar-refractivity contribution in [1.29, 1.82) is 0 Å². The average Bonchev–Trinajstić information content (AvgIpc) is 2.95. The Morgan fingerprint density at radius 2 is 2.31 bits per heavy atom. The number of rotatable bonds is 6. The zero-order valence-corrected chi connectivity index (χ0v) is 8.25. The maximum absolute atomic E-state index is 10.8. The van der Waals surface area contributed by atoms with Gasteiger partial charge in [0.05, 0.1) is 0 Å². The van der Waals surface area contributed by atoms with Gasteiger partial charge in [0.2, 0.25) is 5.91 Å². The number of carbonyl (C=O) groups is 1. The van der Waals surface area contributed by atoms with Gasteiger partial charge in [-0.05, 0) is 32.4 Å². The van der Waals surface area contributed by atoms with Crippen LogP contribution >= 0.6 is 0 Å². The second-order valence-corrected chi connectivity index (χ2v) is 3.53. The van der Waals surface area contributed by atoms with Crippen LogP contribution in [0.1, 0.15) is 32.6 Å². The molecule has 0 aromatic heterocycles. The van der Waals surface area contributed by atoms with Gasteiger partial charge in [-0.3, -0.25) is 10.2 Å². The van der Waals surface area contributed by atoms with E-state index in [1.54, 1.807) is 0 Å². The minimum atomic E-state index is -0.0631. The molecule has 4 heteroatoms. The molecule has 0 bridgehead atoms. The van der Waals surface area contributed by atoms with Crippen molar-refractivity contribution in [3.05, 3.63) is 0 Å². The third-order valence-electron chi connectivity index (χ3n) is 2.48. The standard InChI is InChI=1S/C9H19N3O/c1-2-12(8-5-6-8)7-3-4-9(13)11-10/h8H,2-7,10H2,1H3,(H,11,13). The normalized spacial score (nSPS) is 16.2. The molecule has 0 heterocycles. The van der Waals surface area contributed by atoms with Crippen molar-refractivity contribution < 1.29 is 4.79 Å². The van der Waals surface area contributed by atoms with Crippen molar-refractivity contribution in [2.45, 2.75) is 38.6 Å². The summed E-state index contributed by atoms with van der Waals surface area (Å²) >= 11 is 0. The lowest BCUT2D eigenvalue weighted by Gasteiger charge is -2.18. The molecule has 1 saturated carbocycles. The van der Waals surface area contributed by atoms with Crippen LogP contribution in [0.2, 0.25) is 0 Å². The Morgan fingerprint density at radius 1 is 1.62 bits per heavy atom. The first kappa shape index (κ1) is 10.5. The van der Waals surface area contributed by atoms with Crippen LogP contribution in [0.3, 0.4) is 0 Å². The van der Waals surface area contributed by atoms with Crippen molar-refractivity contribution in [3.63, 3.8) is 0 Å². The van der Waals surface area contributed by atoms with E-state index in [0.29, 0.717) is 6.42 Å². The SMILES string of the molecule is CCN(CCCC(=O)NN)C1CC1. The maximum atomic E-state index is 10.8. The fraction of sp³-hybridized carbons (Fsp3) is 0.889. The molecule has 1 fully saturated rings. The summed E-state index contributed by atoms with van der Waals surface area (Å²) in [5, 5.41) is 0. The first-order chi connectivity index (χ1) is 6.27. The molecule has 76 valence electrons. The Labute approximate surface area is 79.4 Å². The summed E-state index contributed by atoms with van der Waals surface area (Å²) in [7, 11) is 0. The van der Waals surface area contributed by atoms with Gasteiger partial charge in [-0.15, -0.1) is 0 Å². The van der Waals surface area contributed by atoms with Crippen LogP contribution in [-0.2, 0) is 4.79 Å². The Balaban J connectivity index is 2.05. The van der Waals surface area contributed by atoms with E-state index in [0.717, 1.165) is 25.6 Å². The molecule has 3 N–H and O–H groups in total. The van der Waals surface area contributed by atoms with E-state index < -0.39 is 0 Å². The molecule has 1 amide bonds. The van der Waals surface area contributed by atoms with Crippen molar-refractivity contribution >= 4 is 5.91 Å². The predicted molar refractivity (Wildman–Crippen MR) is 51.8 cm³/mol. The highest BCUT2D eigenvalue weighted by Crippen LogP contribution is 2.26. The molecule has 0 saturated heterocycles. The van der Waals surface area contributed by atoms with Gasteiger partial charge in [0.15, 0.2) is 0 Å². The largest absolute Gasteiger partial charge is 0.301 e. The van der Waals surface area contributed by atoms with Crippen molar-refractivity contribution in [3.8, 4) is 0 Å². The van der Waals surface area contributed by atoms with E-state index >= 15 is 0 Å². The van der Waals surface area contributed by atoms with Crippen molar-refractivity contribution in [1.82, 2.24) is 10.3 Å². The van der Waals surface area contributed by atoms with Gasteiger partial charge in [0.25, 0.3) is 0 Å². The van der Waals surface area contributed by atoms with E-state index in [2.05, 4.69) is 17.2 Å². The number of carbonyl (C=O) groups excluding carboxylic acids is 1. The lowest BCUT2D eigenvalue weighted by molar-refractivity contribution is -0.121. The molecule has 0 atom stereocenters. The molecule has 0 aliphatic heterocycles. The zero-order valence-electron chi connectivity index (χ0n) is 8.25. The van der Waals surface area contributed by atoms with Crippen LogP contribution in [0.15, 0.2) is 0 Å². The van der Waals surface area contributed by atoms with Crippen LogP contribution in [-0.4, -0.2) is 29.9 Å². The fourth-order valence-corrected chi connectivity index (χ4v) is 1.55. The first-order valence-electron chi connectivity index (χ1n) is 5.01. The molecule has 1 rings (SSSR count). The number of amides is 1. The number of nitrogens with two attached hydrogens (primary N) is 1. The first-order valence-corrected chi connectivity index (χ1v) is 5.01. The average molecular weight is 185 g/mol. The molecule has 0 aromatic rings. The lowest BCUT2D eigenvalue weighted by Crippen LogP contribution is -2.32. The molecule has 1 aliphatic carbocycles. The third-order valence-corrected chi connectivity index (χ3v) is 2.48. The van der Waals surface area contributed by atoms with E-state index in [4.69, 9.17) is 5.84 Å². The van der Waals surface area contributed by atoms with E-state index in [1.807, 2.05) is 0 Å². The summed E-state index contributed by atoms with van der Waals surface area (Å²) in [6.07, 6.45) is 4.11. The Morgan fingerprint density at radius 3 is 2.77 bits per heavy atom. The van der Waals surface area contributed by atoms with E-state index in [9.17, 15) is 4.79 Å². The lowest BCUT2D eigenvalue weighted by atomic mass is 10.3. The third kappa shape index (κ3) is 3.74. The van der Waals surface area contributed by atoms with Crippen LogP contribution in [0, 0.1) is 0 Å². The number of hydrazine groups is 1. The summed E-state index contributed by atoms with van der Waals surface area (Å²) in [5.41, 5.74) is 2.14. The van der Waals surface area contributed by atoms with Gasteiger partial charge in [0, 0.05) is 12.5 Å². The molecule has 0 aromatic carbocycles. The van der Waals surface area contributed by atoms with Crippen molar-refractivity contribution in [2.24, 2.45) is 5.84 Å². The highest BCUT2D eigenvalue weighted by molar-refractivity contribution is 5.75. The molecular weight excluding hydrogens is 166 g/mol. The highest BCUT2D eigenvalue weighted by atomic mass is 16.2. The number of hydrogen-bond donors (Lipinski definition) is 2. The summed E-state index contributed by atoms with van der Waals surface area (Å²) in [6.45, 7) is 4.28. The van der Waals surface area contributed by atoms with E-state index in [-0.39, 0.29) is 5.91 Å². The summed E-state index contributed by atoms with van der Waals surface area (Å²) < 4.78 is 0. The Kier molecular flexibility index (Phi) is 4.18. The molecule has 4 nitrogen and oxygen atoms in total. The maximum Gasteiger partial charge on any atom is 0.233 e. The van der Waals surface area contributed by atoms with Crippen molar-refractivity contribution in [2.75, 3.05) is 13.1 Å². The van der Waals surface area contributed by atoms with Crippen LogP contribution in [0.5, 0.6) is 0 Å². The van der Waals surface area contributed by atoms with Gasteiger partial charge in [-0.2, -0.15) is 0 Å². The van der Waals surface area contributed by atoms with Gasteiger partial charge in [-0.25, -0.2) is 5.84 Å². The van der Waals surface area contributed by atoms with Gasteiger partial charge < -0.3 is 4.90 Å². The minimum absolute atomic E-state index is 0.0631. The van der Waals surface area contributed by atoms with E-state index in [1.165, 1.54) is 12.8 Å². The number of nitrogens with one attached hydrogen (secondary N) is 1. The fourth-order valence-electron chi connectivity index (χ4n) is 1.55. The second-order valence-electron chi connectivity index (χ2n) is 3.53. The second kappa shape index (κ2) is 5.19. The number of nitrogens with zero attached hydrogens (tertiary/aromatic N) is 1.